The molecule has 2 aliphatic rings. The van der Waals surface area contributed by atoms with Gasteiger partial charge >= 0.3 is 0 Å². The monoisotopic (exact) mass is 470 g/mol. The smallest absolute Gasteiger partial charge is 0.252 e. The molecule has 0 bridgehead atoms. The Bertz CT molecular complexity index is 871. The second kappa shape index (κ2) is 7.93. The highest BCUT2D eigenvalue weighted by atomic mass is 79.9. The van der Waals surface area contributed by atoms with Gasteiger partial charge in [0.1, 0.15) is 4.21 Å². The zero-order chi connectivity index (χ0) is 19.0. The molecular formula is C19H23BrN2O3S2. The molecule has 3 atom stereocenters. The first-order valence-electron chi connectivity index (χ1n) is 9.18. The molecule has 1 N–H and O–H groups in total. The van der Waals surface area contributed by atoms with E-state index in [0.717, 1.165) is 29.4 Å². The Balaban J connectivity index is 1.63. The lowest BCUT2D eigenvalue weighted by Gasteiger charge is -2.57. The van der Waals surface area contributed by atoms with Crippen LogP contribution in [0, 0.1) is 0 Å². The lowest BCUT2D eigenvalue weighted by Crippen LogP contribution is -2.67. The highest BCUT2D eigenvalue weighted by Crippen LogP contribution is 2.42. The maximum Gasteiger partial charge on any atom is 0.252 e. The molecule has 2 fully saturated rings. The average molecular weight is 471 g/mol. The molecule has 2 aliphatic heterocycles. The number of hydrogen-bond donors (Lipinski definition) is 1. The van der Waals surface area contributed by atoms with Crippen LogP contribution in [0.2, 0.25) is 0 Å². The molecule has 1 aromatic carbocycles. The molecule has 1 aromatic heterocycles. The van der Waals surface area contributed by atoms with E-state index in [-0.39, 0.29) is 24.6 Å². The molecule has 2 aromatic rings. The van der Waals surface area contributed by atoms with Crippen molar-refractivity contribution in [2.75, 3.05) is 26.2 Å². The summed E-state index contributed by atoms with van der Waals surface area (Å²) in [4.78, 5) is 2.29. The second-order valence-corrected chi connectivity index (χ2v) is 11.2. The lowest BCUT2D eigenvalue weighted by atomic mass is 9.74. The molecule has 0 amide bonds. The zero-order valence-corrected chi connectivity index (χ0v) is 18.1. The van der Waals surface area contributed by atoms with Crippen molar-refractivity contribution in [3.63, 3.8) is 0 Å². The van der Waals surface area contributed by atoms with Crippen LogP contribution >= 0.6 is 27.3 Å². The van der Waals surface area contributed by atoms with Crippen LogP contribution in [0.15, 0.2) is 50.5 Å². The number of nitrogens with zero attached hydrogens (tertiary/aromatic N) is 2. The van der Waals surface area contributed by atoms with Crippen LogP contribution < -0.4 is 0 Å². The number of rotatable bonds is 4. The van der Waals surface area contributed by atoms with E-state index < -0.39 is 10.0 Å². The quantitative estimate of drug-likeness (QED) is 0.745. The number of halogens is 1. The third-order valence-electron chi connectivity index (χ3n) is 5.68. The van der Waals surface area contributed by atoms with Gasteiger partial charge in [0.05, 0.1) is 6.61 Å². The van der Waals surface area contributed by atoms with Crippen LogP contribution in [0.1, 0.15) is 24.3 Å². The van der Waals surface area contributed by atoms with Gasteiger partial charge < -0.3 is 5.11 Å². The van der Waals surface area contributed by atoms with Crippen LogP contribution in [0.25, 0.3) is 0 Å². The van der Waals surface area contributed by atoms with Crippen LogP contribution in [0.3, 0.4) is 0 Å². The summed E-state index contributed by atoms with van der Waals surface area (Å²) in [5.41, 5.74) is 1.16. The van der Waals surface area contributed by atoms with E-state index >= 15 is 0 Å². The van der Waals surface area contributed by atoms with Gasteiger partial charge in [-0.05, 0) is 48.5 Å². The summed E-state index contributed by atoms with van der Waals surface area (Å²) in [5, 5.41) is 11.8. The Hall–Kier alpha value is -0.770. The summed E-state index contributed by atoms with van der Waals surface area (Å²) in [5.74, 6) is 0.141. The minimum atomic E-state index is -3.46. The molecule has 3 heterocycles. The van der Waals surface area contributed by atoms with Gasteiger partial charge in [-0.2, -0.15) is 4.31 Å². The summed E-state index contributed by atoms with van der Waals surface area (Å²) in [6.45, 7) is 2.03. The van der Waals surface area contributed by atoms with Gasteiger partial charge in [-0.3, -0.25) is 4.90 Å². The Morgan fingerprint density at radius 2 is 1.89 bits per heavy atom. The fourth-order valence-electron chi connectivity index (χ4n) is 4.35. The number of hydrogen-bond acceptors (Lipinski definition) is 5. The predicted octanol–water partition coefficient (Wildman–Crippen LogP) is 3.12. The SMILES string of the molecule is O=S(=O)(c1cccs1)N1CCCCN2[C@H](C1)[C@H](c1ccc(Br)cc1)[C@@H]2CO. The van der Waals surface area contributed by atoms with Gasteiger partial charge in [0, 0.05) is 35.6 Å². The summed E-state index contributed by atoms with van der Waals surface area (Å²) in [6.07, 6.45) is 1.78. The highest BCUT2D eigenvalue weighted by molar-refractivity contribution is 9.10. The first-order chi connectivity index (χ1) is 13.0. The Morgan fingerprint density at radius 3 is 2.56 bits per heavy atom. The van der Waals surface area contributed by atoms with Gasteiger partial charge in [-0.1, -0.05) is 34.1 Å². The van der Waals surface area contributed by atoms with Crippen molar-refractivity contribution in [3.8, 4) is 0 Å². The van der Waals surface area contributed by atoms with Crippen LogP contribution in [-0.4, -0.2) is 61.1 Å². The molecule has 0 unspecified atom stereocenters. The van der Waals surface area contributed by atoms with Gasteiger partial charge in [0.25, 0.3) is 10.0 Å². The number of aliphatic hydroxyl groups is 1. The van der Waals surface area contributed by atoms with Crippen LogP contribution in [0.4, 0.5) is 0 Å². The summed E-state index contributed by atoms with van der Waals surface area (Å²) >= 11 is 4.74. The van der Waals surface area contributed by atoms with E-state index in [0.29, 0.717) is 17.3 Å². The molecule has 4 rings (SSSR count). The van der Waals surface area contributed by atoms with Crippen molar-refractivity contribution in [3.05, 3.63) is 51.8 Å². The molecule has 2 saturated heterocycles. The number of aliphatic hydroxyl groups excluding tert-OH is 1. The molecule has 0 aliphatic carbocycles. The summed E-state index contributed by atoms with van der Waals surface area (Å²) in [7, 11) is -3.46. The number of fused-ring (bicyclic) bond motifs is 1. The molecular weight excluding hydrogens is 448 g/mol. The predicted molar refractivity (Wildman–Crippen MR) is 111 cm³/mol. The van der Waals surface area contributed by atoms with Gasteiger partial charge in [-0.25, -0.2) is 8.42 Å². The number of thiophene rings is 1. The van der Waals surface area contributed by atoms with E-state index in [4.69, 9.17) is 0 Å². The average Bonchev–Trinajstić information content (AvgIpc) is 3.17. The first-order valence-corrected chi connectivity index (χ1v) is 12.3. The van der Waals surface area contributed by atoms with Crippen molar-refractivity contribution in [1.82, 2.24) is 9.21 Å². The van der Waals surface area contributed by atoms with Gasteiger partial charge in [-0.15, -0.1) is 11.3 Å². The highest BCUT2D eigenvalue weighted by Gasteiger charge is 2.50. The summed E-state index contributed by atoms with van der Waals surface area (Å²) in [6, 6.07) is 11.8. The lowest BCUT2D eigenvalue weighted by molar-refractivity contribution is -0.0553. The minimum absolute atomic E-state index is 0.0561. The minimum Gasteiger partial charge on any atom is -0.395 e. The Morgan fingerprint density at radius 1 is 1.15 bits per heavy atom. The molecule has 0 radical (unpaired) electrons. The fraction of sp³-hybridized carbons (Fsp3) is 0.474. The van der Waals surface area contributed by atoms with Gasteiger partial charge in [0.2, 0.25) is 0 Å². The van der Waals surface area contributed by atoms with Crippen LogP contribution in [0.5, 0.6) is 0 Å². The van der Waals surface area contributed by atoms with Crippen molar-refractivity contribution < 1.29 is 13.5 Å². The molecule has 0 spiro atoms. The Kier molecular flexibility index (Phi) is 5.74. The maximum absolute atomic E-state index is 13.1. The van der Waals surface area contributed by atoms with Crippen molar-refractivity contribution in [2.45, 2.75) is 35.1 Å². The van der Waals surface area contributed by atoms with Crippen LogP contribution in [-0.2, 0) is 10.0 Å². The van der Waals surface area contributed by atoms with E-state index in [1.807, 2.05) is 12.1 Å². The zero-order valence-electron chi connectivity index (χ0n) is 14.9. The second-order valence-electron chi connectivity index (χ2n) is 7.13. The van der Waals surface area contributed by atoms with E-state index in [1.54, 1.807) is 21.8 Å². The number of benzene rings is 1. The molecule has 27 heavy (non-hydrogen) atoms. The fourth-order valence-corrected chi connectivity index (χ4v) is 7.26. The van der Waals surface area contributed by atoms with E-state index in [1.165, 1.54) is 11.3 Å². The molecule has 5 nitrogen and oxygen atoms in total. The maximum atomic E-state index is 13.1. The van der Waals surface area contributed by atoms with E-state index in [9.17, 15) is 13.5 Å². The Labute approximate surface area is 172 Å². The third-order valence-corrected chi connectivity index (χ3v) is 9.44. The number of sulfonamides is 1. The topological polar surface area (TPSA) is 60.9 Å². The van der Waals surface area contributed by atoms with Crippen molar-refractivity contribution in [2.24, 2.45) is 0 Å². The van der Waals surface area contributed by atoms with E-state index in [2.05, 4.69) is 33.0 Å². The standard InChI is InChI=1S/C19H23BrN2O3S2/c20-15-7-5-14(6-8-15)19-16-12-21(27(24,25)18-4-3-11-26-18)9-1-2-10-22(16)17(19)13-23/h3-8,11,16-17,19,23H,1-2,9-10,12-13H2/t16-,17+,19+/m1/s1. The molecule has 8 heteroatoms. The first kappa shape index (κ1) is 19.5. The normalized spacial score (nSPS) is 27.4. The van der Waals surface area contributed by atoms with Crippen molar-refractivity contribution in [1.29, 1.82) is 0 Å². The largest absolute Gasteiger partial charge is 0.395 e. The van der Waals surface area contributed by atoms with Crippen molar-refractivity contribution >= 4 is 37.3 Å². The molecule has 146 valence electrons. The summed E-state index contributed by atoms with van der Waals surface area (Å²) < 4.78 is 29.3. The van der Waals surface area contributed by atoms with Gasteiger partial charge in [0.15, 0.2) is 0 Å². The molecule has 0 saturated carbocycles. The third kappa shape index (κ3) is 3.63.